The van der Waals surface area contributed by atoms with Crippen molar-refractivity contribution >= 4 is 17.5 Å². The van der Waals surface area contributed by atoms with E-state index in [-0.39, 0.29) is 12.2 Å². The standard InChI is InChI=1S/C15H25FO2S/c1-5-6-7-8-9-19-13-11(2)15(4,18)14(3,16)10-12(13)17/h18H,5-10H2,1-4H3/t14-,15-/m1/s1. The molecule has 0 saturated carbocycles. The number of aliphatic hydroxyl groups is 1. The third-order valence-corrected chi connectivity index (χ3v) is 5.39. The zero-order valence-electron chi connectivity index (χ0n) is 12.4. The maximum atomic E-state index is 14.3. The molecule has 4 heteroatoms. The van der Waals surface area contributed by atoms with E-state index in [1.165, 1.54) is 38.5 Å². The van der Waals surface area contributed by atoms with Gasteiger partial charge in [-0.3, -0.25) is 4.79 Å². The van der Waals surface area contributed by atoms with Crippen LogP contribution in [0.1, 0.15) is 59.8 Å². The van der Waals surface area contributed by atoms with Gasteiger partial charge in [0, 0.05) is 6.42 Å². The summed E-state index contributed by atoms with van der Waals surface area (Å²) >= 11 is 1.47. The molecule has 1 rings (SSSR count). The van der Waals surface area contributed by atoms with Gasteiger partial charge in [-0.1, -0.05) is 26.2 Å². The predicted molar refractivity (Wildman–Crippen MR) is 79.1 cm³/mol. The molecular weight excluding hydrogens is 263 g/mol. The van der Waals surface area contributed by atoms with Crippen LogP contribution in [-0.2, 0) is 4.79 Å². The van der Waals surface area contributed by atoms with Crippen LogP contribution in [0.4, 0.5) is 4.39 Å². The van der Waals surface area contributed by atoms with E-state index < -0.39 is 11.3 Å². The smallest absolute Gasteiger partial charge is 0.172 e. The molecule has 0 heterocycles. The van der Waals surface area contributed by atoms with Crippen molar-refractivity contribution in [1.29, 1.82) is 0 Å². The fourth-order valence-corrected chi connectivity index (χ4v) is 3.47. The maximum Gasteiger partial charge on any atom is 0.172 e. The summed E-state index contributed by atoms with van der Waals surface area (Å²) in [7, 11) is 0. The number of hydrogen-bond donors (Lipinski definition) is 1. The first-order valence-electron chi connectivity index (χ1n) is 7.02. The number of ketones is 1. The molecule has 0 aromatic heterocycles. The second-order valence-electron chi connectivity index (χ2n) is 5.73. The van der Waals surface area contributed by atoms with Gasteiger partial charge in [0.05, 0.1) is 4.91 Å². The summed E-state index contributed by atoms with van der Waals surface area (Å²) in [6, 6.07) is 0. The topological polar surface area (TPSA) is 37.3 Å². The molecule has 0 radical (unpaired) electrons. The maximum absolute atomic E-state index is 14.3. The highest BCUT2D eigenvalue weighted by molar-refractivity contribution is 8.04. The molecule has 0 amide bonds. The van der Waals surface area contributed by atoms with Crippen molar-refractivity contribution < 1.29 is 14.3 Å². The summed E-state index contributed by atoms with van der Waals surface area (Å²) in [4.78, 5) is 12.6. The third kappa shape index (κ3) is 3.60. The van der Waals surface area contributed by atoms with E-state index in [0.29, 0.717) is 10.5 Å². The molecule has 1 aliphatic carbocycles. The Hall–Kier alpha value is -0.350. The number of hydrogen-bond acceptors (Lipinski definition) is 3. The lowest BCUT2D eigenvalue weighted by Gasteiger charge is -2.41. The van der Waals surface area contributed by atoms with E-state index in [4.69, 9.17) is 0 Å². The Labute approximate surface area is 119 Å². The quantitative estimate of drug-likeness (QED) is 0.750. The molecular formula is C15H25FO2S. The SMILES string of the molecule is CCCCCCSC1=C(C)[C@@](C)(O)[C@](C)(F)CC1=O. The highest BCUT2D eigenvalue weighted by Crippen LogP contribution is 2.44. The van der Waals surface area contributed by atoms with Gasteiger partial charge in [-0.05, 0) is 38.5 Å². The Morgan fingerprint density at radius 2 is 1.95 bits per heavy atom. The van der Waals surface area contributed by atoms with Crippen molar-refractivity contribution in [2.75, 3.05) is 5.75 Å². The van der Waals surface area contributed by atoms with Crippen molar-refractivity contribution in [2.24, 2.45) is 0 Å². The van der Waals surface area contributed by atoms with E-state index in [0.717, 1.165) is 18.6 Å². The van der Waals surface area contributed by atoms with Crippen LogP contribution in [-0.4, -0.2) is 27.9 Å². The van der Waals surface area contributed by atoms with Crippen molar-refractivity contribution in [2.45, 2.75) is 71.1 Å². The average Bonchev–Trinajstić information content (AvgIpc) is 2.30. The fraction of sp³-hybridized carbons (Fsp3) is 0.800. The Morgan fingerprint density at radius 1 is 1.32 bits per heavy atom. The van der Waals surface area contributed by atoms with Gasteiger partial charge in [0.1, 0.15) is 11.3 Å². The largest absolute Gasteiger partial charge is 0.382 e. The van der Waals surface area contributed by atoms with Crippen LogP contribution in [0.2, 0.25) is 0 Å². The average molecular weight is 288 g/mol. The number of unbranched alkanes of at least 4 members (excludes halogenated alkanes) is 3. The number of rotatable bonds is 6. The van der Waals surface area contributed by atoms with Gasteiger partial charge >= 0.3 is 0 Å². The van der Waals surface area contributed by atoms with Crippen molar-refractivity contribution in [3.63, 3.8) is 0 Å². The van der Waals surface area contributed by atoms with E-state index in [9.17, 15) is 14.3 Å². The summed E-state index contributed by atoms with van der Waals surface area (Å²) in [5, 5.41) is 10.3. The minimum atomic E-state index is -1.87. The molecule has 1 aliphatic rings. The molecule has 1 N–H and O–H groups in total. The van der Waals surface area contributed by atoms with Crippen LogP contribution < -0.4 is 0 Å². The Bertz CT molecular complexity index is 372. The van der Waals surface area contributed by atoms with Crippen LogP contribution >= 0.6 is 11.8 Å². The molecule has 0 aromatic carbocycles. The summed E-state index contributed by atoms with van der Waals surface area (Å²) in [6.45, 7) is 6.59. The van der Waals surface area contributed by atoms with Crippen LogP contribution in [0.25, 0.3) is 0 Å². The Morgan fingerprint density at radius 3 is 2.53 bits per heavy atom. The van der Waals surface area contributed by atoms with Gasteiger partial charge in [-0.15, -0.1) is 11.8 Å². The number of carbonyl (C=O) groups excluding carboxylic acids is 1. The molecule has 0 spiro atoms. The molecule has 2 nitrogen and oxygen atoms in total. The number of Topliss-reactive ketones (excluding diaryl/α,β-unsaturated/α-hetero) is 1. The van der Waals surface area contributed by atoms with Crippen LogP contribution in [0.3, 0.4) is 0 Å². The number of allylic oxidation sites excluding steroid dienone is 1. The Kier molecular flexibility index (Phi) is 5.63. The number of thioether (sulfide) groups is 1. The van der Waals surface area contributed by atoms with Crippen molar-refractivity contribution in [3.8, 4) is 0 Å². The third-order valence-electron chi connectivity index (χ3n) is 4.08. The highest BCUT2D eigenvalue weighted by Gasteiger charge is 2.51. The normalized spacial score (nSPS) is 32.0. The lowest BCUT2D eigenvalue weighted by atomic mass is 9.74. The minimum absolute atomic E-state index is 0.172. The van der Waals surface area contributed by atoms with Gasteiger partial charge in [-0.2, -0.15) is 0 Å². The molecule has 0 bridgehead atoms. The molecule has 0 fully saturated rings. The summed E-state index contributed by atoms with van der Waals surface area (Å²) in [6.07, 6.45) is 4.36. The first-order valence-corrected chi connectivity index (χ1v) is 8.01. The van der Waals surface area contributed by atoms with Crippen LogP contribution in [0.15, 0.2) is 10.5 Å². The summed E-state index contributed by atoms with van der Waals surface area (Å²) < 4.78 is 14.3. The molecule has 0 aromatic rings. The summed E-state index contributed by atoms with van der Waals surface area (Å²) in [5.41, 5.74) is -2.94. The monoisotopic (exact) mass is 288 g/mol. The minimum Gasteiger partial charge on any atom is -0.382 e. The zero-order valence-corrected chi connectivity index (χ0v) is 13.2. The highest BCUT2D eigenvalue weighted by atomic mass is 32.2. The predicted octanol–water partition coefficient (Wildman–Crippen LogP) is 4.03. The van der Waals surface area contributed by atoms with Gasteiger partial charge in [0.15, 0.2) is 5.78 Å². The number of halogens is 1. The summed E-state index contributed by atoms with van der Waals surface area (Å²) in [5.74, 6) is 0.687. The molecule has 0 aliphatic heterocycles. The molecule has 0 saturated heterocycles. The molecule has 0 unspecified atom stereocenters. The molecule has 110 valence electrons. The fourth-order valence-electron chi connectivity index (χ4n) is 2.27. The van der Waals surface area contributed by atoms with E-state index in [1.54, 1.807) is 6.92 Å². The van der Waals surface area contributed by atoms with Crippen molar-refractivity contribution in [1.82, 2.24) is 0 Å². The van der Waals surface area contributed by atoms with E-state index in [2.05, 4.69) is 6.92 Å². The first-order chi connectivity index (χ1) is 8.74. The Balaban J connectivity index is 2.73. The first kappa shape index (κ1) is 16.7. The van der Waals surface area contributed by atoms with Crippen LogP contribution in [0, 0.1) is 0 Å². The van der Waals surface area contributed by atoms with Crippen molar-refractivity contribution in [3.05, 3.63) is 10.5 Å². The second kappa shape index (κ2) is 6.40. The molecule has 19 heavy (non-hydrogen) atoms. The van der Waals surface area contributed by atoms with Crippen LogP contribution in [0.5, 0.6) is 0 Å². The number of alkyl halides is 1. The van der Waals surface area contributed by atoms with Gasteiger partial charge < -0.3 is 5.11 Å². The lowest BCUT2D eigenvalue weighted by Crippen LogP contribution is -2.52. The van der Waals surface area contributed by atoms with Gasteiger partial charge in [0.25, 0.3) is 0 Å². The van der Waals surface area contributed by atoms with Gasteiger partial charge in [-0.25, -0.2) is 4.39 Å². The van der Waals surface area contributed by atoms with E-state index >= 15 is 0 Å². The number of carbonyl (C=O) groups is 1. The van der Waals surface area contributed by atoms with Gasteiger partial charge in [0.2, 0.25) is 0 Å². The van der Waals surface area contributed by atoms with E-state index in [1.807, 2.05) is 0 Å². The zero-order chi connectivity index (χ0) is 14.7. The lowest BCUT2D eigenvalue weighted by molar-refractivity contribution is -0.126. The second-order valence-corrected chi connectivity index (χ2v) is 6.84. The molecule has 2 atom stereocenters.